The Morgan fingerprint density at radius 3 is 2.28 bits per heavy atom. The van der Waals surface area contributed by atoms with E-state index in [4.69, 9.17) is 6.57 Å². The van der Waals surface area contributed by atoms with E-state index in [-0.39, 0.29) is 0 Å². The highest BCUT2D eigenvalue weighted by Gasteiger charge is 2.05. The summed E-state index contributed by atoms with van der Waals surface area (Å²) in [6.45, 7) is 6.95. The highest BCUT2D eigenvalue weighted by molar-refractivity contribution is 7.23. The lowest BCUT2D eigenvalue weighted by molar-refractivity contribution is 1.70. The molecule has 2 heterocycles. The van der Waals surface area contributed by atoms with Crippen LogP contribution in [0.15, 0.2) is 53.9 Å². The van der Waals surface area contributed by atoms with E-state index in [1.807, 2.05) is 24.3 Å². The molecule has 0 spiro atoms. The molecule has 0 bridgehead atoms. The van der Waals surface area contributed by atoms with E-state index in [2.05, 4.69) is 34.5 Å². The van der Waals surface area contributed by atoms with Crippen molar-refractivity contribution in [3.05, 3.63) is 65.3 Å². The fourth-order valence-electron chi connectivity index (χ4n) is 1.74. The number of hydrogen-bond acceptors (Lipinski definition) is 2. The highest BCUT2D eigenvalue weighted by atomic mass is 32.1. The molecule has 0 saturated heterocycles. The summed E-state index contributed by atoms with van der Waals surface area (Å²) in [5.41, 5.74) is 1.86. The third-order valence-electron chi connectivity index (χ3n) is 2.65. The molecule has 0 amide bonds. The topological polar surface area (TPSA) is 4.36 Å². The molecule has 0 aliphatic rings. The van der Waals surface area contributed by atoms with Gasteiger partial charge in [0.2, 0.25) is 0 Å². The van der Waals surface area contributed by atoms with Crippen LogP contribution < -0.4 is 0 Å². The van der Waals surface area contributed by atoms with E-state index < -0.39 is 0 Å². The Bertz CT molecular complexity index is 685. The normalized spacial score (nSPS) is 10.2. The van der Waals surface area contributed by atoms with Crippen molar-refractivity contribution in [2.75, 3.05) is 0 Å². The van der Waals surface area contributed by atoms with Gasteiger partial charge in [-0.15, -0.1) is 22.7 Å². The number of rotatable bonds is 2. The van der Waals surface area contributed by atoms with Gasteiger partial charge >= 0.3 is 0 Å². The van der Waals surface area contributed by atoms with E-state index in [9.17, 15) is 0 Å². The second-order valence-corrected chi connectivity index (χ2v) is 5.83. The standard InChI is InChI=1S/C15H9NS2/c1-16-12-6-4-11(5-7-12)13-8-9-15(18-13)14-3-2-10-17-14/h2-10H. The smallest absolute Gasteiger partial charge is 0.187 e. The lowest BCUT2D eigenvalue weighted by Crippen LogP contribution is -1.69. The summed E-state index contributed by atoms with van der Waals surface area (Å²) in [7, 11) is 0. The van der Waals surface area contributed by atoms with Crippen molar-refractivity contribution < 1.29 is 0 Å². The van der Waals surface area contributed by atoms with Crippen molar-refractivity contribution in [3.63, 3.8) is 0 Å². The lowest BCUT2D eigenvalue weighted by Gasteiger charge is -1.96. The molecule has 0 radical (unpaired) electrons. The first kappa shape index (κ1) is 11.2. The average molecular weight is 267 g/mol. The van der Waals surface area contributed by atoms with Gasteiger partial charge in [-0.2, -0.15) is 0 Å². The molecule has 3 rings (SSSR count). The van der Waals surface area contributed by atoms with Crippen molar-refractivity contribution >= 4 is 28.4 Å². The van der Waals surface area contributed by atoms with Crippen LogP contribution in [0, 0.1) is 6.57 Å². The second-order valence-electron chi connectivity index (χ2n) is 3.80. The second kappa shape index (κ2) is 4.77. The van der Waals surface area contributed by atoms with Gasteiger partial charge in [-0.1, -0.05) is 30.3 Å². The molecule has 18 heavy (non-hydrogen) atoms. The molecule has 0 aliphatic carbocycles. The molecular weight excluding hydrogens is 258 g/mol. The summed E-state index contributed by atoms with van der Waals surface area (Å²) in [4.78, 5) is 7.26. The molecule has 1 nitrogen and oxygen atoms in total. The molecule has 0 N–H and O–H groups in total. The molecule has 1 aromatic carbocycles. The highest BCUT2D eigenvalue weighted by Crippen LogP contribution is 2.36. The third-order valence-corrected chi connectivity index (χ3v) is 4.85. The Labute approximate surface area is 114 Å². The zero-order chi connectivity index (χ0) is 12.4. The van der Waals surface area contributed by atoms with Crippen LogP contribution in [-0.2, 0) is 0 Å². The number of hydrogen-bond donors (Lipinski definition) is 0. The fourth-order valence-corrected chi connectivity index (χ4v) is 3.59. The van der Waals surface area contributed by atoms with Crippen molar-refractivity contribution in [1.29, 1.82) is 0 Å². The van der Waals surface area contributed by atoms with Crippen molar-refractivity contribution in [1.82, 2.24) is 0 Å². The summed E-state index contributed by atoms with van der Waals surface area (Å²) in [5.74, 6) is 0. The van der Waals surface area contributed by atoms with Gasteiger partial charge in [-0.3, -0.25) is 0 Å². The summed E-state index contributed by atoms with van der Waals surface area (Å²) >= 11 is 3.55. The van der Waals surface area contributed by atoms with Gasteiger partial charge in [0.15, 0.2) is 5.69 Å². The maximum absolute atomic E-state index is 6.95. The number of nitrogens with zero attached hydrogens (tertiary/aromatic N) is 1. The molecule has 0 saturated carbocycles. The maximum atomic E-state index is 6.95. The zero-order valence-electron chi connectivity index (χ0n) is 9.46. The Morgan fingerprint density at radius 2 is 1.61 bits per heavy atom. The lowest BCUT2D eigenvalue weighted by atomic mass is 10.2. The Hall–Kier alpha value is -1.89. The van der Waals surface area contributed by atoms with Gasteiger partial charge in [0.05, 0.1) is 6.57 Å². The minimum absolute atomic E-state index is 0.689. The first-order valence-corrected chi connectivity index (χ1v) is 7.18. The fraction of sp³-hybridized carbons (Fsp3) is 0. The van der Waals surface area contributed by atoms with Gasteiger partial charge in [0, 0.05) is 14.6 Å². The van der Waals surface area contributed by atoms with Crippen LogP contribution in [0.25, 0.3) is 25.0 Å². The minimum atomic E-state index is 0.689. The van der Waals surface area contributed by atoms with Gasteiger partial charge in [0.25, 0.3) is 0 Å². The van der Waals surface area contributed by atoms with E-state index in [1.54, 1.807) is 22.7 Å². The van der Waals surface area contributed by atoms with Crippen molar-refractivity contribution in [2.45, 2.75) is 0 Å². The molecule has 86 valence electrons. The van der Waals surface area contributed by atoms with Crippen LogP contribution in [0.4, 0.5) is 5.69 Å². The van der Waals surface area contributed by atoms with E-state index in [0.717, 1.165) is 0 Å². The number of thiophene rings is 2. The van der Waals surface area contributed by atoms with Gasteiger partial charge in [0.1, 0.15) is 0 Å². The van der Waals surface area contributed by atoms with Crippen LogP contribution in [0.5, 0.6) is 0 Å². The Morgan fingerprint density at radius 1 is 0.833 bits per heavy atom. The predicted octanol–water partition coefficient (Wildman–Crippen LogP) is 5.69. The first-order valence-electron chi connectivity index (χ1n) is 5.48. The van der Waals surface area contributed by atoms with Crippen LogP contribution in [0.2, 0.25) is 0 Å². The molecule has 0 aliphatic heterocycles. The van der Waals surface area contributed by atoms with Crippen LogP contribution >= 0.6 is 22.7 Å². The predicted molar refractivity (Wildman–Crippen MR) is 79.3 cm³/mol. The van der Waals surface area contributed by atoms with Crippen molar-refractivity contribution in [2.24, 2.45) is 0 Å². The summed E-state index contributed by atoms with van der Waals surface area (Å²) in [6.07, 6.45) is 0. The molecule has 0 unspecified atom stereocenters. The summed E-state index contributed by atoms with van der Waals surface area (Å²) in [6, 6.07) is 16.3. The van der Waals surface area contributed by atoms with E-state index >= 15 is 0 Å². The monoisotopic (exact) mass is 267 g/mol. The molecule has 0 fully saturated rings. The van der Waals surface area contributed by atoms with Gasteiger partial charge < -0.3 is 0 Å². The SMILES string of the molecule is [C-]#[N+]c1ccc(-c2ccc(-c3cccs3)s2)cc1. The third kappa shape index (κ3) is 2.08. The van der Waals surface area contributed by atoms with Gasteiger partial charge in [-0.25, -0.2) is 4.85 Å². The Balaban J connectivity index is 1.95. The molecule has 0 atom stereocenters. The largest absolute Gasteiger partial charge is 0.238 e. The number of benzene rings is 1. The minimum Gasteiger partial charge on any atom is -0.238 e. The molecule has 2 aromatic heterocycles. The molecular formula is C15H9NS2. The zero-order valence-corrected chi connectivity index (χ0v) is 11.1. The van der Waals surface area contributed by atoms with E-state index in [1.165, 1.54) is 20.2 Å². The van der Waals surface area contributed by atoms with Crippen LogP contribution in [0.1, 0.15) is 0 Å². The molecule has 3 heteroatoms. The molecule has 3 aromatic rings. The van der Waals surface area contributed by atoms with E-state index in [0.29, 0.717) is 5.69 Å². The quantitative estimate of drug-likeness (QED) is 0.525. The summed E-state index contributed by atoms with van der Waals surface area (Å²) < 4.78 is 0. The Kier molecular flexibility index (Phi) is 2.97. The van der Waals surface area contributed by atoms with Crippen LogP contribution in [0.3, 0.4) is 0 Å². The maximum Gasteiger partial charge on any atom is 0.187 e. The first-order chi connectivity index (χ1) is 8.86. The van der Waals surface area contributed by atoms with Crippen LogP contribution in [-0.4, -0.2) is 0 Å². The summed E-state index contributed by atoms with van der Waals surface area (Å²) in [5, 5.41) is 2.10. The van der Waals surface area contributed by atoms with Gasteiger partial charge in [-0.05, 0) is 29.1 Å². The average Bonchev–Trinajstić information content (AvgIpc) is 3.09. The van der Waals surface area contributed by atoms with Crippen molar-refractivity contribution in [3.8, 4) is 20.2 Å².